The molecule has 4 heteroatoms. The third-order valence-corrected chi connectivity index (χ3v) is 1.55. The quantitative estimate of drug-likeness (QED) is 0.527. The van der Waals surface area contributed by atoms with E-state index < -0.39 is 0 Å². The molecule has 0 atom stereocenters. The highest BCUT2D eigenvalue weighted by molar-refractivity contribution is 6.35. The lowest BCUT2D eigenvalue weighted by molar-refractivity contribution is 0.326. The van der Waals surface area contributed by atoms with E-state index in [2.05, 4.69) is 0 Å². The van der Waals surface area contributed by atoms with Gasteiger partial charge in [0.05, 0.1) is 5.02 Å². The molecule has 10 heavy (non-hydrogen) atoms. The summed E-state index contributed by atoms with van der Waals surface area (Å²) < 4.78 is 0.461. The molecule has 0 heterocycles. The summed E-state index contributed by atoms with van der Waals surface area (Å²) in [5.74, 6) is 0. The van der Waals surface area contributed by atoms with Gasteiger partial charge in [-0.3, -0.25) is 5.21 Å². The minimum Gasteiger partial charge on any atom is -0.273 e. The van der Waals surface area contributed by atoms with Gasteiger partial charge in [-0.15, -0.1) is 0 Å². The van der Waals surface area contributed by atoms with Gasteiger partial charge in [0.15, 0.2) is 0 Å². The minimum absolute atomic E-state index is 0.380. The summed E-state index contributed by atoms with van der Waals surface area (Å²) in [5.41, 5.74) is 0.380. The molecule has 0 bridgehead atoms. The van der Waals surface area contributed by atoms with Crippen molar-refractivity contribution in [2.45, 2.75) is 0 Å². The summed E-state index contributed by atoms with van der Waals surface area (Å²) in [6.45, 7) is 0. The fourth-order valence-corrected chi connectivity index (χ4v) is 1.01. The molecule has 1 N–H and O–H groups in total. The van der Waals surface area contributed by atoms with Crippen molar-refractivity contribution in [2.24, 2.45) is 0 Å². The first kappa shape index (κ1) is 7.66. The summed E-state index contributed by atoms with van der Waals surface area (Å²) in [6, 6.07) is 6.73. The molecule has 0 aliphatic rings. The highest BCUT2D eigenvalue weighted by Crippen LogP contribution is 2.24. The van der Waals surface area contributed by atoms with Crippen molar-refractivity contribution >= 4 is 29.1 Å². The molecule has 0 aliphatic carbocycles. The van der Waals surface area contributed by atoms with E-state index in [0.29, 0.717) is 15.3 Å². The van der Waals surface area contributed by atoms with Crippen LogP contribution < -0.4 is 4.58 Å². The molecule has 54 valence electrons. The fourth-order valence-electron chi connectivity index (χ4n) is 0.601. The zero-order valence-corrected chi connectivity index (χ0v) is 6.47. The molecule has 0 unspecified atom stereocenters. The smallest absolute Gasteiger partial charge is 0.101 e. The summed E-state index contributed by atoms with van der Waals surface area (Å²) in [4.78, 5) is 0. The van der Waals surface area contributed by atoms with Crippen LogP contribution in [0.3, 0.4) is 0 Å². The minimum atomic E-state index is 0.380. The van der Waals surface area contributed by atoms with Crippen LogP contribution in [0.4, 0.5) is 5.69 Å². The number of halogens is 2. The van der Waals surface area contributed by atoms with Gasteiger partial charge >= 0.3 is 0 Å². The van der Waals surface area contributed by atoms with Gasteiger partial charge in [0.1, 0.15) is 5.69 Å². The molecule has 1 aromatic rings. The highest BCUT2D eigenvalue weighted by Gasteiger charge is 2.01. The van der Waals surface area contributed by atoms with Crippen LogP contribution in [0.2, 0.25) is 5.02 Å². The topological polar surface area (TPSA) is 23.5 Å². The van der Waals surface area contributed by atoms with Crippen LogP contribution in [-0.2, 0) is 0 Å². The first-order valence-corrected chi connectivity index (χ1v) is 3.32. The van der Waals surface area contributed by atoms with Gasteiger partial charge < -0.3 is 0 Å². The molecule has 0 aliphatic heterocycles. The lowest BCUT2D eigenvalue weighted by Gasteiger charge is -2.06. The number of para-hydroxylation sites is 1. The van der Waals surface area contributed by atoms with E-state index in [1.54, 1.807) is 24.3 Å². The maximum Gasteiger partial charge on any atom is 0.101 e. The van der Waals surface area contributed by atoms with Crippen LogP contribution >= 0.6 is 23.4 Å². The molecule has 0 radical (unpaired) electrons. The summed E-state index contributed by atoms with van der Waals surface area (Å²) in [5, 5.41) is 9.14. The van der Waals surface area contributed by atoms with Crippen LogP contribution in [0, 0.1) is 0 Å². The van der Waals surface area contributed by atoms with Crippen LogP contribution in [0.15, 0.2) is 24.3 Å². The summed E-state index contributed by atoms with van der Waals surface area (Å²) in [7, 11) is 0. The highest BCUT2D eigenvalue weighted by atomic mass is 35.5. The Bertz CT molecular complexity index is 227. The van der Waals surface area contributed by atoms with Gasteiger partial charge in [-0.1, -0.05) is 23.7 Å². The lowest BCUT2D eigenvalue weighted by Crippen LogP contribution is -2.01. The lowest BCUT2D eigenvalue weighted by atomic mass is 10.3. The van der Waals surface area contributed by atoms with Gasteiger partial charge in [0.25, 0.3) is 0 Å². The Hall–Kier alpha value is -0.440. The van der Waals surface area contributed by atoms with Crippen molar-refractivity contribution in [3.05, 3.63) is 29.3 Å². The molecule has 0 saturated carbocycles. The first-order chi connectivity index (χ1) is 4.72. The second-order valence-corrected chi connectivity index (χ2v) is 2.44. The summed E-state index contributed by atoms with van der Waals surface area (Å²) in [6.07, 6.45) is 0. The van der Waals surface area contributed by atoms with E-state index in [1.807, 2.05) is 0 Å². The maximum atomic E-state index is 8.72. The molecule has 0 spiro atoms. The van der Waals surface area contributed by atoms with E-state index in [0.717, 1.165) is 0 Å². The maximum absolute atomic E-state index is 8.72. The zero-order chi connectivity index (χ0) is 7.56. The van der Waals surface area contributed by atoms with Crippen molar-refractivity contribution in [1.82, 2.24) is 0 Å². The molecule has 2 nitrogen and oxygen atoms in total. The third-order valence-electron chi connectivity index (χ3n) is 1.05. The van der Waals surface area contributed by atoms with Crippen molar-refractivity contribution in [3.63, 3.8) is 0 Å². The molecule has 1 rings (SSSR count). The van der Waals surface area contributed by atoms with Gasteiger partial charge in [-0.25, -0.2) is 0 Å². The fraction of sp³-hybridized carbons (Fsp3) is 0. The average Bonchev–Trinajstić information content (AvgIpc) is 1.88. The van der Waals surface area contributed by atoms with Gasteiger partial charge in [-0.05, 0) is 12.1 Å². The molecule has 0 saturated heterocycles. The Morgan fingerprint density at radius 2 is 1.90 bits per heavy atom. The van der Waals surface area contributed by atoms with E-state index in [1.165, 1.54) is 0 Å². The monoisotopic (exact) mass is 177 g/mol. The van der Waals surface area contributed by atoms with E-state index >= 15 is 0 Å². The number of rotatable bonds is 1. The van der Waals surface area contributed by atoms with Crippen LogP contribution in [0.5, 0.6) is 0 Å². The molecule has 1 aromatic carbocycles. The first-order valence-electron chi connectivity index (χ1n) is 2.61. The molecular weight excluding hydrogens is 173 g/mol. The van der Waals surface area contributed by atoms with E-state index in [4.69, 9.17) is 28.6 Å². The standard InChI is InChI=1S/C6H5Cl2NO/c7-5-3-1-2-4-6(5)9(8)10/h1-4,10H. The number of benzene rings is 1. The van der Waals surface area contributed by atoms with E-state index in [-0.39, 0.29) is 0 Å². The normalized spacial score (nSPS) is 9.50. The van der Waals surface area contributed by atoms with Gasteiger partial charge in [-0.2, -0.15) is 4.58 Å². The SMILES string of the molecule is ON(Cl)c1ccccc1Cl. The van der Waals surface area contributed by atoms with Crippen molar-refractivity contribution in [2.75, 3.05) is 4.58 Å². The predicted octanol–water partition coefficient (Wildman–Crippen LogP) is 2.69. The molecular formula is C6H5Cl2NO. The van der Waals surface area contributed by atoms with Crippen LogP contribution in [-0.4, -0.2) is 5.21 Å². The van der Waals surface area contributed by atoms with E-state index in [9.17, 15) is 0 Å². The number of hydrogen-bond acceptors (Lipinski definition) is 2. The van der Waals surface area contributed by atoms with Crippen LogP contribution in [0.25, 0.3) is 0 Å². The Morgan fingerprint density at radius 1 is 1.30 bits per heavy atom. The number of nitrogens with zero attached hydrogens (tertiary/aromatic N) is 1. The van der Waals surface area contributed by atoms with Crippen molar-refractivity contribution < 1.29 is 5.21 Å². The molecule has 0 amide bonds. The zero-order valence-electron chi connectivity index (χ0n) is 4.96. The average molecular weight is 178 g/mol. The van der Waals surface area contributed by atoms with Crippen molar-refractivity contribution in [3.8, 4) is 0 Å². The second-order valence-electron chi connectivity index (χ2n) is 1.71. The van der Waals surface area contributed by atoms with Gasteiger partial charge in [0, 0.05) is 11.8 Å². The number of anilines is 1. The predicted molar refractivity (Wildman–Crippen MR) is 41.6 cm³/mol. The second kappa shape index (κ2) is 3.10. The van der Waals surface area contributed by atoms with Crippen molar-refractivity contribution in [1.29, 1.82) is 0 Å². The number of hydrogen-bond donors (Lipinski definition) is 1. The van der Waals surface area contributed by atoms with Crippen LogP contribution in [0.1, 0.15) is 0 Å². The molecule has 0 aromatic heterocycles. The third kappa shape index (κ3) is 1.53. The Labute approximate surface area is 68.7 Å². The summed E-state index contributed by atoms with van der Waals surface area (Å²) >= 11 is 10.8. The Balaban J connectivity index is 3.03. The largest absolute Gasteiger partial charge is 0.273 e. The Kier molecular flexibility index (Phi) is 2.38. The Morgan fingerprint density at radius 3 is 2.30 bits per heavy atom. The molecule has 0 fully saturated rings. The van der Waals surface area contributed by atoms with Gasteiger partial charge in [0.2, 0.25) is 0 Å².